The Hall–Kier alpha value is -1.52. The summed E-state index contributed by atoms with van der Waals surface area (Å²) < 4.78 is 0. The zero-order valence-corrected chi connectivity index (χ0v) is 8.12. The minimum atomic E-state index is 1.19. The smallest absolute Gasteiger partial charge is 0.0200 e. The van der Waals surface area contributed by atoms with Crippen molar-refractivity contribution in [1.82, 2.24) is 0 Å². The molecular weight excluding hydrogens is 156 g/mol. The van der Waals surface area contributed by atoms with E-state index in [-0.39, 0.29) is 0 Å². The predicted octanol–water partition coefficient (Wildman–Crippen LogP) is 3.82. The molecule has 1 rings (SSSR count). The monoisotopic (exact) mass is 170 g/mol. The maximum absolute atomic E-state index is 3.12. The summed E-state index contributed by atoms with van der Waals surface area (Å²) in [6, 6.07) is 10.2. The normalized spacial score (nSPS) is 9.69. The molecule has 0 aliphatic rings. The standard InChI is InChI=1S/C13H14/c1-12(2)8-6-7-11-13-9-4-3-5-10-13/h3-7,9-11H,1-2H3/b11-7+. The predicted molar refractivity (Wildman–Crippen MR) is 58.4 cm³/mol. The van der Waals surface area contributed by atoms with Gasteiger partial charge in [-0.3, -0.25) is 0 Å². The number of benzene rings is 1. The number of allylic oxidation sites excluding steroid dienone is 2. The molecule has 0 aliphatic carbocycles. The first-order valence-electron chi connectivity index (χ1n) is 4.40. The highest BCUT2D eigenvalue weighted by Gasteiger charge is 1.78. The zero-order valence-electron chi connectivity index (χ0n) is 8.12. The Labute approximate surface area is 79.9 Å². The van der Waals surface area contributed by atoms with Crippen molar-refractivity contribution in [3.63, 3.8) is 0 Å². The quantitative estimate of drug-likeness (QED) is 0.467. The van der Waals surface area contributed by atoms with Crippen molar-refractivity contribution in [2.24, 2.45) is 0 Å². The van der Waals surface area contributed by atoms with Gasteiger partial charge in [0.05, 0.1) is 0 Å². The van der Waals surface area contributed by atoms with E-state index in [1.807, 2.05) is 44.2 Å². The molecule has 0 amide bonds. The first-order chi connectivity index (χ1) is 6.29. The maximum Gasteiger partial charge on any atom is -0.0200 e. The fourth-order valence-corrected chi connectivity index (χ4v) is 0.938. The van der Waals surface area contributed by atoms with E-state index in [0.29, 0.717) is 0 Å². The zero-order chi connectivity index (χ0) is 9.52. The number of hydrogen-bond donors (Lipinski definition) is 0. The minimum Gasteiger partial charge on any atom is -0.122 e. The van der Waals surface area contributed by atoms with E-state index in [1.54, 1.807) is 0 Å². The van der Waals surface area contributed by atoms with Crippen LogP contribution in [0, 0.1) is 0 Å². The lowest BCUT2D eigenvalue weighted by Crippen LogP contribution is -1.66. The third-order valence-electron chi connectivity index (χ3n) is 1.56. The summed E-state index contributed by atoms with van der Waals surface area (Å²) in [6.07, 6.45) is 6.00. The fraction of sp³-hybridized carbons (Fsp3) is 0.154. The van der Waals surface area contributed by atoms with E-state index in [2.05, 4.69) is 23.9 Å². The summed E-state index contributed by atoms with van der Waals surface area (Å²) >= 11 is 0. The van der Waals surface area contributed by atoms with Crippen LogP contribution in [0.1, 0.15) is 19.4 Å². The van der Waals surface area contributed by atoms with Gasteiger partial charge in [0.25, 0.3) is 0 Å². The van der Waals surface area contributed by atoms with Crippen LogP contribution >= 0.6 is 0 Å². The van der Waals surface area contributed by atoms with Crippen LogP contribution in [0.15, 0.2) is 53.8 Å². The van der Waals surface area contributed by atoms with E-state index in [1.165, 1.54) is 11.1 Å². The van der Waals surface area contributed by atoms with Crippen LogP contribution in [0.5, 0.6) is 0 Å². The maximum atomic E-state index is 3.12. The van der Waals surface area contributed by atoms with Crippen LogP contribution in [-0.4, -0.2) is 0 Å². The van der Waals surface area contributed by atoms with Crippen LogP contribution in [0.25, 0.3) is 6.08 Å². The van der Waals surface area contributed by atoms with Gasteiger partial charge in [0, 0.05) is 0 Å². The Morgan fingerprint density at radius 1 is 1.15 bits per heavy atom. The molecule has 0 aliphatic heterocycles. The Kier molecular flexibility index (Phi) is 3.81. The lowest BCUT2D eigenvalue weighted by atomic mass is 10.2. The van der Waals surface area contributed by atoms with Crippen molar-refractivity contribution in [3.8, 4) is 0 Å². The molecule has 0 N–H and O–H groups in total. The van der Waals surface area contributed by atoms with Gasteiger partial charge in [-0.1, -0.05) is 42.5 Å². The average molecular weight is 170 g/mol. The van der Waals surface area contributed by atoms with Crippen molar-refractivity contribution in [1.29, 1.82) is 0 Å². The summed E-state index contributed by atoms with van der Waals surface area (Å²) in [7, 11) is 0. The van der Waals surface area contributed by atoms with Crippen LogP contribution in [-0.2, 0) is 0 Å². The van der Waals surface area contributed by atoms with Gasteiger partial charge in [0.2, 0.25) is 0 Å². The third-order valence-corrected chi connectivity index (χ3v) is 1.56. The molecule has 0 saturated carbocycles. The second kappa shape index (κ2) is 5.18. The topological polar surface area (TPSA) is 0 Å². The van der Waals surface area contributed by atoms with Gasteiger partial charge in [0.1, 0.15) is 0 Å². The van der Waals surface area contributed by atoms with E-state index in [4.69, 9.17) is 0 Å². The van der Waals surface area contributed by atoms with Gasteiger partial charge in [-0.2, -0.15) is 0 Å². The first-order valence-corrected chi connectivity index (χ1v) is 4.40. The van der Waals surface area contributed by atoms with E-state index >= 15 is 0 Å². The Morgan fingerprint density at radius 3 is 2.46 bits per heavy atom. The lowest BCUT2D eigenvalue weighted by molar-refractivity contribution is 1.41. The van der Waals surface area contributed by atoms with Crippen molar-refractivity contribution in [2.75, 3.05) is 0 Å². The van der Waals surface area contributed by atoms with Gasteiger partial charge in [-0.15, -0.1) is 5.73 Å². The molecule has 0 heterocycles. The summed E-state index contributed by atoms with van der Waals surface area (Å²) in [4.78, 5) is 0. The van der Waals surface area contributed by atoms with Crippen molar-refractivity contribution in [2.45, 2.75) is 13.8 Å². The summed E-state index contributed by atoms with van der Waals surface area (Å²) in [5, 5.41) is 0. The first kappa shape index (κ1) is 9.57. The molecular formula is C13H14. The van der Waals surface area contributed by atoms with Gasteiger partial charge in [-0.05, 0) is 31.1 Å². The van der Waals surface area contributed by atoms with Crippen molar-refractivity contribution in [3.05, 3.63) is 59.4 Å². The molecule has 1 aromatic rings. The van der Waals surface area contributed by atoms with E-state index in [9.17, 15) is 0 Å². The van der Waals surface area contributed by atoms with Crippen molar-refractivity contribution >= 4 is 6.08 Å². The molecule has 1 aromatic carbocycles. The average Bonchev–Trinajstić information content (AvgIpc) is 2.14. The Bertz CT molecular complexity index is 332. The lowest BCUT2D eigenvalue weighted by Gasteiger charge is -1.87. The summed E-state index contributed by atoms with van der Waals surface area (Å²) in [6.45, 7) is 4.07. The summed E-state index contributed by atoms with van der Waals surface area (Å²) in [5.41, 5.74) is 5.53. The molecule has 0 spiro atoms. The molecule has 0 nitrogen and oxygen atoms in total. The fourth-order valence-electron chi connectivity index (χ4n) is 0.938. The van der Waals surface area contributed by atoms with Crippen LogP contribution in [0.4, 0.5) is 0 Å². The molecule has 0 fully saturated rings. The molecule has 13 heavy (non-hydrogen) atoms. The van der Waals surface area contributed by atoms with E-state index in [0.717, 1.165) is 0 Å². The highest BCUT2D eigenvalue weighted by atomic mass is 13.8. The molecule has 0 heteroatoms. The third kappa shape index (κ3) is 4.15. The van der Waals surface area contributed by atoms with Gasteiger partial charge >= 0.3 is 0 Å². The molecule has 0 bridgehead atoms. The summed E-state index contributed by atoms with van der Waals surface area (Å²) in [5.74, 6) is 0. The molecule has 0 atom stereocenters. The van der Waals surface area contributed by atoms with Crippen LogP contribution in [0.2, 0.25) is 0 Å². The van der Waals surface area contributed by atoms with Gasteiger partial charge < -0.3 is 0 Å². The largest absolute Gasteiger partial charge is 0.122 e. The van der Waals surface area contributed by atoms with Gasteiger partial charge in [0.15, 0.2) is 0 Å². The highest BCUT2D eigenvalue weighted by Crippen LogP contribution is 2.00. The Balaban J connectivity index is 2.66. The number of hydrogen-bond acceptors (Lipinski definition) is 0. The van der Waals surface area contributed by atoms with E-state index < -0.39 is 0 Å². The molecule has 0 unspecified atom stereocenters. The highest BCUT2D eigenvalue weighted by molar-refractivity contribution is 5.50. The van der Waals surface area contributed by atoms with Crippen LogP contribution < -0.4 is 0 Å². The van der Waals surface area contributed by atoms with Gasteiger partial charge in [-0.25, -0.2) is 0 Å². The van der Waals surface area contributed by atoms with Crippen molar-refractivity contribution < 1.29 is 0 Å². The van der Waals surface area contributed by atoms with Crippen LogP contribution in [0.3, 0.4) is 0 Å². The molecule has 66 valence electrons. The second-order valence-corrected chi connectivity index (χ2v) is 3.08. The number of rotatable bonds is 2. The minimum absolute atomic E-state index is 1.19. The molecule has 0 radical (unpaired) electrons. The molecule has 0 aromatic heterocycles. The SMILES string of the molecule is CC(C)=C=C/C=C/c1ccccc1. The second-order valence-electron chi connectivity index (χ2n) is 3.08. The molecule has 0 saturated heterocycles. The Morgan fingerprint density at radius 2 is 1.85 bits per heavy atom.